The van der Waals surface area contributed by atoms with E-state index in [2.05, 4.69) is 4.98 Å². The fourth-order valence-electron chi connectivity index (χ4n) is 4.95. The third kappa shape index (κ3) is 5.08. The summed E-state index contributed by atoms with van der Waals surface area (Å²) < 4.78 is 8.25. The van der Waals surface area contributed by atoms with E-state index < -0.39 is 18.1 Å². The summed E-state index contributed by atoms with van der Waals surface area (Å²) in [5.41, 5.74) is 9.89. The first kappa shape index (κ1) is 26.4. The number of fused-ring (bicyclic) bond motifs is 1. The highest BCUT2D eigenvalue weighted by atomic mass is 32.2. The van der Waals surface area contributed by atoms with Gasteiger partial charge in [-0.05, 0) is 28.8 Å². The maximum atomic E-state index is 14.0. The van der Waals surface area contributed by atoms with Crippen LogP contribution < -0.4 is 5.73 Å². The third-order valence-electron chi connectivity index (χ3n) is 7.10. The molecule has 9 heteroatoms. The van der Waals surface area contributed by atoms with Crippen LogP contribution in [0.1, 0.15) is 22.9 Å². The van der Waals surface area contributed by atoms with E-state index >= 15 is 0 Å². The van der Waals surface area contributed by atoms with E-state index in [0.717, 1.165) is 32.4 Å². The molecule has 202 valence electrons. The molecular formula is C31H28N4O3S2. The highest BCUT2D eigenvalue weighted by molar-refractivity contribution is 8.00. The number of rotatable bonds is 8. The third-order valence-corrected chi connectivity index (χ3v) is 9.53. The summed E-state index contributed by atoms with van der Waals surface area (Å²) in [5, 5.41) is 0.573. The SMILES string of the molecule is Cn1c(CC2=C(C(=O)OC(c3ccccc3)c3ccccc3)N3C(=O)C(N)C3SC2)cnc1Sc1ccccc1. The van der Waals surface area contributed by atoms with E-state index in [1.54, 1.807) is 23.5 Å². The average molecular weight is 569 g/mol. The number of aromatic nitrogens is 2. The molecule has 1 aromatic heterocycles. The molecule has 1 amide bonds. The molecule has 3 aromatic carbocycles. The van der Waals surface area contributed by atoms with Crippen molar-refractivity contribution in [3.63, 3.8) is 0 Å². The molecule has 0 aliphatic carbocycles. The van der Waals surface area contributed by atoms with Gasteiger partial charge in [0.1, 0.15) is 17.1 Å². The summed E-state index contributed by atoms with van der Waals surface area (Å²) in [6.07, 6.45) is 1.68. The molecule has 0 radical (unpaired) electrons. The topological polar surface area (TPSA) is 90.5 Å². The van der Waals surface area contributed by atoms with Gasteiger partial charge in [-0.3, -0.25) is 9.69 Å². The Balaban J connectivity index is 1.33. The van der Waals surface area contributed by atoms with Gasteiger partial charge in [0.2, 0.25) is 5.91 Å². The van der Waals surface area contributed by atoms with E-state index in [-0.39, 0.29) is 11.3 Å². The van der Waals surface area contributed by atoms with Crippen LogP contribution in [0.25, 0.3) is 0 Å². The van der Waals surface area contributed by atoms with Gasteiger partial charge in [0.25, 0.3) is 0 Å². The first-order valence-corrected chi connectivity index (χ1v) is 14.8. The lowest BCUT2D eigenvalue weighted by molar-refractivity contribution is -0.153. The molecule has 2 unspecified atom stereocenters. The number of thioether (sulfide) groups is 1. The minimum atomic E-state index is -0.626. The molecule has 2 N–H and O–H groups in total. The molecule has 2 aliphatic heterocycles. The summed E-state index contributed by atoms with van der Waals surface area (Å²) >= 11 is 3.16. The van der Waals surface area contributed by atoms with Crippen molar-refractivity contribution < 1.29 is 14.3 Å². The van der Waals surface area contributed by atoms with Crippen LogP contribution in [0.3, 0.4) is 0 Å². The maximum Gasteiger partial charge on any atom is 0.356 e. The minimum absolute atomic E-state index is 0.261. The number of benzene rings is 3. The Kier molecular flexibility index (Phi) is 7.51. The lowest BCUT2D eigenvalue weighted by atomic mass is 10.00. The number of ether oxygens (including phenoxy) is 1. The van der Waals surface area contributed by atoms with Crippen LogP contribution in [-0.4, -0.2) is 43.5 Å². The van der Waals surface area contributed by atoms with Crippen LogP contribution in [0.2, 0.25) is 0 Å². The van der Waals surface area contributed by atoms with Crippen molar-refractivity contribution in [1.82, 2.24) is 14.5 Å². The predicted octanol–water partition coefficient (Wildman–Crippen LogP) is 4.94. The van der Waals surface area contributed by atoms with Crippen molar-refractivity contribution in [1.29, 1.82) is 0 Å². The van der Waals surface area contributed by atoms with Crippen LogP contribution in [0.4, 0.5) is 0 Å². The van der Waals surface area contributed by atoms with E-state index in [9.17, 15) is 9.59 Å². The van der Waals surface area contributed by atoms with Gasteiger partial charge in [0.15, 0.2) is 11.3 Å². The largest absolute Gasteiger partial charge is 0.448 e. The van der Waals surface area contributed by atoms with Gasteiger partial charge in [-0.25, -0.2) is 9.78 Å². The molecule has 6 rings (SSSR count). The molecule has 4 aromatic rings. The summed E-state index contributed by atoms with van der Waals surface area (Å²) in [7, 11) is 1.97. The zero-order chi connectivity index (χ0) is 27.6. The molecule has 0 spiro atoms. The number of β-lactam (4-membered cyclic amide) rings is 1. The Morgan fingerprint density at radius 3 is 2.25 bits per heavy atom. The second-order valence-electron chi connectivity index (χ2n) is 9.68. The molecule has 0 bridgehead atoms. The summed E-state index contributed by atoms with van der Waals surface area (Å²) in [6.45, 7) is 0. The van der Waals surface area contributed by atoms with Crippen molar-refractivity contribution in [2.45, 2.75) is 34.0 Å². The number of amides is 1. The van der Waals surface area contributed by atoms with Crippen molar-refractivity contribution >= 4 is 35.4 Å². The number of carbonyl (C=O) groups is 2. The van der Waals surface area contributed by atoms with Gasteiger partial charge < -0.3 is 15.0 Å². The predicted molar refractivity (Wildman–Crippen MR) is 156 cm³/mol. The van der Waals surface area contributed by atoms with Gasteiger partial charge in [0.05, 0.1) is 0 Å². The normalized spacial score (nSPS) is 18.5. The maximum absolute atomic E-state index is 14.0. The molecule has 0 saturated carbocycles. The van der Waals surface area contributed by atoms with Crippen molar-refractivity contribution in [2.75, 3.05) is 5.75 Å². The standard InChI is InChI=1S/C31H28N4O3S2/c1-34-23(18-33-31(34)40-24-15-9-4-10-16-24)17-22-19-39-29-25(32)28(36)35(29)26(22)30(37)38-27(20-11-5-2-6-12-20)21-13-7-3-8-14-21/h2-16,18,25,27,29H,17,19,32H2,1H3. The smallest absolute Gasteiger partial charge is 0.356 e. The molecule has 3 heterocycles. The molecule has 2 aliphatic rings. The number of nitrogens with zero attached hydrogens (tertiary/aromatic N) is 3. The highest BCUT2D eigenvalue weighted by Crippen LogP contribution is 2.42. The molecule has 7 nitrogen and oxygen atoms in total. The van der Waals surface area contributed by atoms with E-state index in [4.69, 9.17) is 10.5 Å². The Morgan fingerprint density at radius 1 is 1.02 bits per heavy atom. The van der Waals surface area contributed by atoms with Gasteiger partial charge in [0, 0.05) is 36.0 Å². The fourth-order valence-corrected chi connectivity index (χ4v) is 7.11. The number of carbonyl (C=O) groups excluding carboxylic acids is 2. The average Bonchev–Trinajstić information content (AvgIpc) is 3.34. The van der Waals surface area contributed by atoms with E-state index in [0.29, 0.717) is 17.9 Å². The van der Waals surface area contributed by atoms with Crippen LogP contribution in [-0.2, 0) is 27.8 Å². The lowest BCUT2D eigenvalue weighted by Gasteiger charge is -2.48. The van der Waals surface area contributed by atoms with E-state index in [1.807, 2.05) is 109 Å². The Hall–Kier alpha value is -3.79. The Bertz CT molecular complexity index is 1520. The first-order valence-electron chi connectivity index (χ1n) is 13.0. The highest BCUT2D eigenvalue weighted by Gasteiger charge is 2.52. The number of imidazole rings is 1. The second-order valence-corrected chi connectivity index (χ2v) is 11.8. The summed E-state index contributed by atoms with van der Waals surface area (Å²) in [6, 6.07) is 28.7. The Morgan fingerprint density at radius 2 is 1.62 bits per heavy atom. The molecule has 1 fully saturated rings. The van der Waals surface area contributed by atoms with Crippen LogP contribution in [0.5, 0.6) is 0 Å². The van der Waals surface area contributed by atoms with Crippen molar-refractivity contribution in [3.05, 3.63) is 125 Å². The summed E-state index contributed by atoms with van der Waals surface area (Å²) in [5.74, 6) is -0.220. The molecule has 40 heavy (non-hydrogen) atoms. The van der Waals surface area contributed by atoms with Crippen LogP contribution in [0.15, 0.2) is 119 Å². The van der Waals surface area contributed by atoms with Crippen LogP contribution >= 0.6 is 23.5 Å². The van der Waals surface area contributed by atoms with Gasteiger partial charge in [-0.15, -0.1) is 11.8 Å². The summed E-state index contributed by atoms with van der Waals surface area (Å²) in [4.78, 5) is 34.2. The Labute approximate surface area is 241 Å². The van der Waals surface area contributed by atoms with Gasteiger partial charge in [-0.1, -0.05) is 90.6 Å². The first-order chi connectivity index (χ1) is 19.5. The quantitative estimate of drug-likeness (QED) is 0.238. The molecule has 2 atom stereocenters. The zero-order valence-electron chi connectivity index (χ0n) is 21.8. The molecular weight excluding hydrogens is 541 g/mol. The van der Waals surface area contributed by atoms with Crippen LogP contribution in [0, 0.1) is 0 Å². The van der Waals surface area contributed by atoms with Crippen molar-refractivity contribution in [3.8, 4) is 0 Å². The zero-order valence-corrected chi connectivity index (χ0v) is 23.5. The van der Waals surface area contributed by atoms with Gasteiger partial charge >= 0.3 is 5.97 Å². The number of nitrogens with two attached hydrogens (primary N) is 1. The second kappa shape index (κ2) is 11.4. The molecule has 1 saturated heterocycles. The number of esters is 1. The fraction of sp³-hybridized carbons (Fsp3) is 0.194. The monoisotopic (exact) mass is 568 g/mol. The minimum Gasteiger partial charge on any atom is -0.448 e. The van der Waals surface area contributed by atoms with Gasteiger partial charge in [-0.2, -0.15) is 0 Å². The van der Waals surface area contributed by atoms with Crippen molar-refractivity contribution in [2.24, 2.45) is 12.8 Å². The number of hydrogen-bond acceptors (Lipinski definition) is 7. The van der Waals surface area contributed by atoms with E-state index in [1.165, 1.54) is 4.90 Å². The number of hydrogen-bond donors (Lipinski definition) is 1. The lowest BCUT2D eigenvalue weighted by Crippen LogP contribution is -2.68.